The third-order valence-electron chi connectivity index (χ3n) is 3.73. The second-order valence-electron chi connectivity index (χ2n) is 5.33. The molecule has 1 aromatic carbocycles. The van der Waals surface area contributed by atoms with Gasteiger partial charge in [0.15, 0.2) is 17.8 Å². The lowest BCUT2D eigenvalue weighted by Gasteiger charge is -2.22. The van der Waals surface area contributed by atoms with Gasteiger partial charge in [-0.25, -0.2) is 0 Å². The van der Waals surface area contributed by atoms with E-state index in [1.807, 2.05) is 12.1 Å². The monoisotopic (exact) mass is 322 g/mol. The van der Waals surface area contributed by atoms with Crippen LogP contribution in [0.1, 0.15) is 25.7 Å². The van der Waals surface area contributed by atoms with E-state index in [1.165, 1.54) is 16.5 Å². The quantitative estimate of drug-likeness (QED) is 0.715. The summed E-state index contributed by atoms with van der Waals surface area (Å²) in [4.78, 5) is 0. The standard InChI is InChI=1S/C17H22O4S/c1-18-14-12-16-13(6-10-22-16)11-15(14)19-8-4-9-21-17-5-2-3-7-20-17/h6,10-12,17H,2-5,7-9H2,1H3. The van der Waals surface area contributed by atoms with Crippen LogP contribution in [0.3, 0.4) is 0 Å². The van der Waals surface area contributed by atoms with Crippen molar-refractivity contribution in [2.75, 3.05) is 26.9 Å². The van der Waals surface area contributed by atoms with Crippen LogP contribution < -0.4 is 9.47 Å². The first-order valence-corrected chi connectivity index (χ1v) is 8.66. The fourth-order valence-electron chi connectivity index (χ4n) is 2.54. The van der Waals surface area contributed by atoms with Crippen LogP contribution in [0, 0.1) is 0 Å². The van der Waals surface area contributed by atoms with Crippen molar-refractivity contribution in [2.45, 2.75) is 32.0 Å². The minimum atomic E-state index is -0.0227. The van der Waals surface area contributed by atoms with E-state index < -0.39 is 0 Å². The fraction of sp³-hybridized carbons (Fsp3) is 0.529. The Morgan fingerprint density at radius 2 is 2.18 bits per heavy atom. The smallest absolute Gasteiger partial charge is 0.162 e. The number of hydrogen-bond donors (Lipinski definition) is 0. The Hall–Kier alpha value is -1.30. The molecule has 1 fully saturated rings. The average Bonchev–Trinajstić information content (AvgIpc) is 3.02. The molecule has 1 aliphatic heterocycles. The van der Waals surface area contributed by atoms with Gasteiger partial charge in [0.2, 0.25) is 0 Å². The maximum atomic E-state index is 5.85. The number of rotatable bonds is 7. The molecule has 22 heavy (non-hydrogen) atoms. The first kappa shape index (κ1) is 15.6. The van der Waals surface area contributed by atoms with E-state index in [2.05, 4.69) is 11.4 Å². The normalized spacial score (nSPS) is 18.5. The molecule has 0 radical (unpaired) electrons. The highest BCUT2D eigenvalue weighted by Crippen LogP contribution is 2.34. The zero-order valence-corrected chi connectivity index (χ0v) is 13.7. The van der Waals surface area contributed by atoms with Gasteiger partial charge in [-0.2, -0.15) is 0 Å². The van der Waals surface area contributed by atoms with Gasteiger partial charge in [-0.3, -0.25) is 0 Å². The maximum Gasteiger partial charge on any atom is 0.162 e. The summed E-state index contributed by atoms with van der Waals surface area (Å²) >= 11 is 1.70. The van der Waals surface area contributed by atoms with Crippen LogP contribution in [0.25, 0.3) is 10.1 Å². The van der Waals surface area contributed by atoms with Crippen molar-refractivity contribution in [3.63, 3.8) is 0 Å². The predicted molar refractivity (Wildman–Crippen MR) is 88.0 cm³/mol. The van der Waals surface area contributed by atoms with Crippen molar-refractivity contribution in [3.8, 4) is 11.5 Å². The molecule has 1 saturated heterocycles. The number of methoxy groups -OCH3 is 1. The number of ether oxygens (including phenoxy) is 4. The van der Waals surface area contributed by atoms with E-state index in [0.717, 1.165) is 37.4 Å². The topological polar surface area (TPSA) is 36.9 Å². The lowest BCUT2D eigenvalue weighted by Crippen LogP contribution is -2.23. The molecular formula is C17H22O4S. The average molecular weight is 322 g/mol. The molecule has 0 spiro atoms. The van der Waals surface area contributed by atoms with Crippen molar-refractivity contribution < 1.29 is 18.9 Å². The minimum Gasteiger partial charge on any atom is -0.493 e. The summed E-state index contributed by atoms with van der Waals surface area (Å²) < 4.78 is 23.7. The third kappa shape index (κ3) is 3.91. The van der Waals surface area contributed by atoms with Crippen LogP contribution in [-0.2, 0) is 9.47 Å². The van der Waals surface area contributed by atoms with Crippen molar-refractivity contribution >= 4 is 21.4 Å². The molecule has 0 saturated carbocycles. The third-order valence-corrected chi connectivity index (χ3v) is 4.61. The Morgan fingerprint density at radius 3 is 3.00 bits per heavy atom. The maximum absolute atomic E-state index is 5.85. The molecule has 2 heterocycles. The fourth-order valence-corrected chi connectivity index (χ4v) is 3.34. The molecule has 5 heteroatoms. The van der Waals surface area contributed by atoms with Gasteiger partial charge in [0, 0.05) is 23.8 Å². The molecule has 1 unspecified atom stereocenters. The molecule has 1 aromatic heterocycles. The summed E-state index contributed by atoms with van der Waals surface area (Å²) in [5.74, 6) is 1.58. The Kier molecular flexibility index (Phi) is 5.53. The van der Waals surface area contributed by atoms with Crippen LogP contribution in [0.5, 0.6) is 11.5 Å². The second-order valence-corrected chi connectivity index (χ2v) is 6.28. The van der Waals surface area contributed by atoms with Crippen molar-refractivity contribution in [1.29, 1.82) is 0 Å². The molecular weight excluding hydrogens is 300 g/mol. The van der Waals surface area contributed by atoms with Crippen molar-refractivity contribution in [3.05, 3.63) is 23.6 Å². The van der Waals surface area contributed by atoms with E-state index in [1.54, 1.807) is 18.4 Å². The molecule has 0 aliphatic carbocycles. The first-order chi connectivity index (χ1) is 10.9. The first-order valence-electron chi connectivity index (χ1n) is 7.78. The molecule has 3 rings (SSSR count). The van der Waals surface area contributed by atoms with Gasteiger partial charge in [0.25, 0.3) is 0 Å². The number of benzene rings is 1. The van der Waals surface area contributed by atoms with E-state index in [0.29, 0.717) is 13.2 Å². The van der Waals surface area contributed by atoms with E-state index in [-0.39, 0.29) is 6.29 Å². The summed E-state index contributed by atoms with van der Waals surface area (Å²) in [5, 5.41) is 3.26. The van der Waals surface area contributed by atoms with Crippen LogP contribution in [0.4, 0.5) is 0 Å². The molecule has 0 bridgehead atoms. The largest absolute Gasteiger partial charge is 0.493 e. The Balaban J connectivity index is 1.46. The van der Waals surface area contributed by atoms with Gasteiger partial charge in [-0.1, -0.05) is 0 Å². The zero-order chi connectivity index (χ0) is 15.2. The Bertz CT molecular complexity index is 589. The van der Waals surface area contributed by atoms with E-state index in [9.17, 15) is 0 Å². The van der Waals surface area contributed by atoms with Gasteiger partial charge in [-0.05, 0) is 42.2 Å². The lowest BCUT2D eigenvalue weighted by atomic mass is 10.2. The highest BCUT2D eigenvalue weighted by atomic mass is 32.1. The number of fused-ring (bicyclic) bond motifs is 1. The summed E-state index contributed by atoms with van der Waals surface area (Å²) in [6.07, 6.45) is 4.16. The lowest BCUT2D eigenvalue weighted by molar-refractivity contribution is -0.163. The number of thiophene rings is 1. The van der Waals surface area contributed by atoms with Gasteiger partial charge >= 0.3 is 0 Å². The molecule has 0 N–H and O–H groups in total. The van der Waals surface area contributed by atoms with Gasteiger partial charge in [0.05, 0.1) is 20.3 Å². The van der Waals surface area contributed by atoms with Gasteiger partial charge < -0.3 is 18.9 Å². The highest BCUT2D eigenvalue weighted by Gasteiger charge is 2.13. The van der Waals surface area contributed by atoms with E-state index in [4.69, 9.17) is 18.9 Å². The van der Waals surface area contributed by atoms with Crippen molar-refractivity contribution in [1.82, 2.24) is 0 Å². The summed E-state index contributed by atoms with van der Waals surface area (Å²) in [6, 6.07) is 6.16. The van der Waals surface area contributed by atoms with Crippen LogP contribution in [0.15, 0.2) is 23.6 Å². The Labute approximate surface area is 134 Å². The predicted octanol–water partition coefficient (Wildman–Crippen LogP) is 4.22. The van der Waals surface area contributed by atoms with Gasteiger partial charge in [0.1, 0.15) is 0 Å². The second kappa shape index (κ2) is 7.81. The molecule has 2 aromatic rings. The van der Waals surface area contributed by atoms with Crippen LogP contribution >= 0.6 is 11.3 Å². The summed E-state index contributed by atoms with van der Waals surface area (Å²) in [6.45, 7) is 2.09. The minimum absolute atomic E-state index is 0.0227. The molecule has 1 aliphatic rings. The molecule has 1 atom stereocenters. The zero-order valence-electron chi connectivity index (χ0n) is 12.9. The van der Waals surface area contributed by atoms with Gasteiger partial charge in [-0.15, -0.1) is 11.3 Å². The number of hydrogen-bond acceptors (Lipinski definition) is 5. The van der Waals surface area contributed by atoms with Crippen LogP contribution in [-0.4, -0.2) is 33.2 Å². The molecule has 4 nitrogen and oxygen atoms in total. The Morgan fingerprint density at radius 1 is 1.23 bits per heavy atom. The van der Waals surface area contributed by atoms with Crippen LogP contribution in [0.2, 0.25) is 0 Å². The molecule has 0 amide bonds. The highest BCUT2D eigenvalue weighted by molar-refractivity contribution is 7.17. The summed E-state index contributed by atoms with van der Waals surface area (Å²) in [7, 11) is 1.67. The van der Waals surface area contributed by atoms with Crippen molar-refractivity contribution in [2.24, 2.45) is 0 Å². The molecule has 120 valence electrons. The SMILES string of the molecule is COc1cc2sccc2cc1OCCCOC1CCCCO1. The summed E-state index contributed by atoms with van der Waals surface area (Å²) in [5.41, 5.74) is 0. The van der Waals surface area contributed by atoms with E-state index >= 15 is 0 Å².